The molecule has 0 fully saturated rings. The van der Waals surface area contributed by atoms with Gasteiger partial charge in [-0.3, -0.25) is 4.55 Å². The summed E-state index contributed by atoms with van der Waals surface area (Å²) >= 11 is 0. The fourth-order valence-electron chi connectivity index (χ4n) is 0.946. The maximum Gasteiger partial charge on any atom is 0.433 e. The van der Waals surface area contributed by atoms with Gasteiger partial charge in [0.05, 0.1) is 5.56 Å². The van der Waals surface area contributed by atoms with Crippen LogP contribution in [0.25, 0.3) is 0 Å². The summed E-state index contributed by atoms with van der Waals surface area (Å²) in [5, 5.41) is -1.72. The highest BCUT2D eigenvalue weighted by Crippen LogP contribution is 2.35. The molecular formula is C7H3F6NO3S. The molecule has 0 aliphatic rings. The van der Waals surface area contributed by atoms with E-state index in [1.54, 1.807) is 0 Å². The molecule has 1 rings (SSSR count). The predicted octanol–water partition coefficient (Wildman–Crippen LogP) is 2.37. The molecule has 1 N–H and O–H groups in total. The third kappa shape index (κ3) is 3.32. The Labute approximate surface area is 96.0 Å². The minimum Gasteiger partial charge on any atom is -0.281 e. The van der Waals surface area contributed by atoms with Crippen molar-refractivity contribution < 1.29 is 39.3 Å². The first-order valence-corrected chi connectivity index (χ1v) is 5.40. The Morgan fingerprint density at radius 1 is 1.00 bits per heavy atom. The lowest BCUT2D eigenvalue weighted by Gasteiger charge is -2.11. The summed E-state index contributed by atoms with van der Waals surface area (Å²) in [7, 11) is -5.28. The van der Waals surface area contributed by atoms with Gasteiger partial charge in [-0.2, -0.15) is 34.8 Å². The molecule has 0 bridgehead atoms. The van der Waals surface area contributed by atoms with Gasteiger partial charge in [0, 0.05) is 0 Å². The highest BCUT2D eigenvalue weighted by Gasteiger charge is 2.39. The van der Waals surface area contributed by atoms with Crippen molar-refractivity contribution in [3.8, 4) is 0 Å². The number of nitrogens with zero attached hydrogens (tertiary/aromatic N) is 1. The van der Waals surface area contributed by atoms with Crippen LogP contribution in [0.1, 0.15) is 11.3 Å². The second-order valence-electron chi connectivity index (χ2n) is 3.05. The minimum absolute atomic E-state index is 0.190. The van der Waals surface area contributed by atoms with Crippen LogP contribution in [-0.2, 0) is 22.5 Å². The van der Waals surface area contributed by atoms with Crippen molar-refractivity contribution >= 4 is 10.1 Å². The van der Waals surface area contributed by atoms with Crippen LogP contribution >= 0.6 is 0 Å². The topological polar surface area (TPSA) is 67.3 Å². The van der Waals surface area contributed by atoms with Crippen molar-refractivity contribution in [2.45, 2.75) is 17.4 Å². The largest absolute Gasteiger partial charge is 0.433 e. The summed E-state index contributed by atoms with van der Waals surface area (Å²) < 4.78 is 103. The predicted molar refractivity (Wildman–Crippen MR) is 44.1 cm³/mol. The van der Waals surface area contributed by atoms with E-state index in [4.69, 9.17) is 4.55 Å². The summed E-state index contributed by atoms with van der Waals surface area (Å²) in [6, 6.07) is -0.542. The van der Waals surface area contributed by atoms with Gasteiger partial charge in [-0.15, -0.1) is 0 Å². The van der Waals surface area contributed by atoms with Crippen LogP contribution in [0, 0.1) is 0 Å². The SMILES string of the molecule is O=S(=O)(O)c1cc(C(F)(F)F)cc(C(F)(F)F)n1. The molecule has 1 aromatic rings. The molecule has 18 heavy (non-hydrogen) atoms. The van der Waals surface area contributed by atoms with Gasteiger partial charge in [0.15, 0.2) is 5.03 Å². The zero-order chi connectivity index (χ0) is 14.4. The Balaban J connectivity index is 3.60. The minimum atomic E-state index is -5.28. The lowest BCUT2D eigenvalue weighted by Crippen LogP contribution is -2.16. The van der Waals surface area contributed by atoms with Gasteiger partial charge in [0.1, 0.15) is 5.69 Å². The zero-order valence-corrected chi connectivity index (χ0v) is 8.86. The van der Waals surface area contributed by atoms with Crippen LogP contribution in [0.15, 0.2) is 17.2 Å². The van der Waals surface area contributed by atoms with Gasteiger partial charge in [-0.05, 0) is 12.1 Å². The Hall–Kier alpha value is -1.36. The van der Waals surface area contributed by atoms with E-state index >= 15 is 0 Å². The molecule has 102 valence electrons. The number of aromatic nitrogens is 1. The number of pyridine rings is 1. The van der Waals surface area contributed by atoms with Gasteiger partial charge in [-0.1, -0.05) is 0 Å². The third-order valence-electron chi connectivity index (χ3n) is 1.68. The van der Waals surface area contributed by atoms with E-state index in [-0.39, 0.29) is 12.1 Å². The number of hydrogen-bond acceptors (Lipinski definition) is 3. The molecule has 0 saturated carbocycles. The molecular weight excluding hydrogens is 292 g/mol. The van der Waals surface area contributed by atoms with Crippen LogP contribution in [0.4, 0.5) is 26.3 Å². The van der Waals surface area contributed by atoms with Gasteiger partial charge in [0.2, 0.25) is 0 Å². The summed E-state index contributed by atoms with van der Waals surface area (Å²) in [4.78, 5) is 2.43. The third-order valence-corrected chi connectivity index (χ3v) is 2.42. The number of alkyl halides is 6. The number of halogens is 6. The van der Waals surface area contributed by atoms with Crippen molar-refractivity contribution in [2.24, 2.45) is 0 Å². The molecule has 0 aliphatic carbocycles. The summed E-state index contributed by atoms with van der Waals surface area (Å²) in [5.41, 5.74) is -3.94. The van der Waals surface area contributed by atoms with E-state index in [9.17, 15) is 34.8 Å². The molecule has 4 nitrogen and oxygen atoms in total. The Morgan fingerprint density at radius 2 is 1.50 bits per heavy atom. The fraction of sp³-hybridized carbons (Fsp3) is 0.286. The van der Waals surface area contributed by atoms with E-state index in [1.165, 1.54) is 0 Å². The maximum atomic E-state index is 12.3. The van der Waals surface area contributed by atoms with E-state index in [1.807, 2.05) is 0 Å². The summed E-state index contributed by atoms with van der Waals surface area (Å²) in [6.45, 7) is 0. The second-order valence-corrected chi connectivity index (χ2v) is 4.42. The quantitative estimate of drug-likeness (QED) is 0.638. The Bertz CT molecular complexity index is 529. The maximum absolute atomic E-state index is 12.3. The standard InChI is InChI=1S/C7H3F6NO3S/c8-6(9,10)3-1-4(7(11,12)13)14-5(2-3)18(15,16)17/h1-2H,(H,15,16,17). The van der Waals surface area contributed by atoms with Crippen molar-refractivity contribution in [3.63, 3.8) is 0 Å². The first kappa shape index (κ1) is 14.7. The molecule has 0 atom stereocenters. The molecule has 1 heterocycles. The number of hydrogen-bond donors (Lipinski definition) is 1. The van der Waals surface area contributed by atoms with Crippen molar-refractivity contribution in [2.75, 3.05) is 0 Å². The van der Waals surface area contributed by atoms with Crippen LogP contribution < -0.4 is 0 Å². The average molecular weight is 295 g/mol. The lowest BCUT2D eigenvalue weighted by atomic mass is 10.2. The van der Waals surface area contributed by atoms with Crippen molar-refractivity contribution in [1.82, 2.24) is 4.98 Å². The second kappa shape index (κ2) is 4.09. The van der Waals surface area contributed by atoms with E-state index in [2.05, 4.69) is 4.98 Å². The molecule has 0 saturated heterocycles. The summed E-state index contributed by atoms with van der Waals surface area (Å²) in [5.74, 6) is 0. The van der Waals surface area contributed by atoms with Gasteiger partial charge in [0.25, 0.3) is 0 Å². The van der Waals surface area contributed by atoms with Crippen LogP contribution in [0.3, 0.4) is 0 Å². The van der Waals surface area contributed by atoms with Crippen LogP contribution in [0.5, 0.6) is 0 Å². The monoisotopic (exact) mass is 295 g/mol. The molecule has 1 aromatic heterocycles. The fourth-order valence-corrected chi connectivity index (χ4v) is 1.44. The first-order chi connectivity index (χ1) is 7.82. The Kier molecular flexibility index (Phi) is 3.34. The molecule has 0 aromatic carbocycles. The van der Waals surface area contributed by atoms with Crippen molar-refractivity contribution in [1.29, 1.82) is 0 Å². The highest BCUT2D eigenvalue weighted by molar-refractivity contribution is 7.85. The molecule has 11 heteroatoms. The molecule has 0 aliphatic heterocycles. The molecule has 0 unspecified atom stereocenters. The van der Waals surface area contributed by atoms with Crippen LogP contribution in [0.2, 0.25) is 0 Å². The van der Waals surface area contributed by atoms with Gasteiger partial charge < -0.3 is 0 Å². The normalized spacial score (nSPS) is 13.7. The van der Waals surface area contributed by atoms with E-state index in [0.717, 1.165) is 0 Å². The molecule has 0 spiro atoms. The smallest absolute Gasteiger partial charge is 0.281 e. The highest BCUT2D eigenvalue weighted by atomic mass is 32.2. The van der Waals surface area contributed by atoms with E-state index < -0.39 is 38.8 Å². The Morgan fingerprint density at radius 3 is 1.83 bits per heavy atom. The van der Waals surface area contributed by atoms with Crippen molar-refractivity contribution in [3.05, 3.63) is 23.4 Å². The molecule has 0 radical (unpaired) electrons. The van der Waals surface area contributed by atoms with Gasteiger partial charge >= 0.3 is 22.5 Å². The van der Waals surface area contributed by atoms with E-state index in [0.29, 0.717) is 0 Å². The summed E-state index contributed by atoms with van der Waals surface area (Å²) in [6.07, 6.45) is -10.5. The van der Waals surface area contributed by atoms with Gasteiger partial charge in [-0.25, -0.2) is 4.98 Å². The first-order valence-electron chi connectivity index (χ1n) is 3.96. The molecule has 0 amide bonds. The zero-order valence-electron chi connectivity index (χ0n) is 8.04. The lowest BCUT2D eigenvalue weighted by molar-refractivity contribution is -0.146. The number of rotatable bonds is 1. The van der Waals surface area contributed by atoms with Crippen LogP contribution in [-0.4, -0.2) is 18.0 Å². The average Bonchev–Trinajstić information content (AvgIpc) is 2.13.